The fourth-order valence-corrected chi connectivity index (χ4v) is 3.22. The first-order chi connectivity index (χ1) is 9.10. The third kappa shape index (κ3) is 4.20. The number of hydrogen-bond donors (Lipinski definition) is 2. The van der Waals surface area contributed by atoms with Crippen LogP contribution < -0.4 is 5.32 Å². The zero-order chi connectivity index (χ0) is 13.7. The molecule has 5 nitrogen and oxygen atoms in total. The summed E-state index contributed by atoms with van der Waals surface area (Å²) in [5.74, 6) is -0.361. The van der Waals surface area contributed by atoms with E-state index in [1.54, 1.807) is 0 Å². The highest BCUT2D eigenvalue weighted by molar-refractivity contribution is 5.78. The van der Waals surface area contributed by atoms with Gasteiger partial charge in [0.15, 0.2) is 0 Å². The summed E-state index contributed by atoms with van der Waals surface area (Å²) in [4.78, 5) is 23.1. The van der Waals surface area contributed by atoms with E-state index in [0.29, 0.717) is 38.4 Å². The molecule has 0 aromatic rings. The number of carbonyl (C=O) groups is 2. The molecule has 19 heavy (non-hydrogen) atoms. The third-order valence-electron chi connectivity index (χ3n) is 4.29. The summed E-state index contributed by atoms with van der Waals surface area (Å²) in [6.07, 6.45) is 6.41. The maximum atomic E-state index is 12.1. The van der Waals surface area contributed by atoms with Crippen LogP contribution in [0.5, 0.6) is 0 Å². The Morgan fingerprint density at radius 3 is 2.42 bits per heavy atom. The van der Waals surface area contributed by atoms with E-state index < -0.39 is 11.5 Å². The number of rotatable bonds is 5. The quantitative estimate of drug-likeness (QED) is 0.796. The van der Waals surface area contributed by atoms with Gasteiger partial charge in [0, 0.05) is 19.6 Å². The average Bonchev–Trinajstić information content (AvgIpc) is 2.81. The minimum absolute atomic E-state index is 0.00718. The van der Waals surface area contributed by atoms with E-state index in [-0.39, 0.29) is 12.3 Å². The molecule has 1 heterocycles. The Morgan fingerprint density at radius 2 is 1.84 bits per heavy atom. The van der Waals surface area contributed by atoms with Crippen molar-refractivity contribution in [3.8, 4) is 0 Å². The topological polar surface area (TPSA) is 75.6 Å². The van der Waals surface area contributed by atoms with E-state index in [4.69, 9.17) is 9.84 Å². The second-order valence-electron chi connectivity index (χ2n) is 5.87. The SMILES string of the molecule is O=C(O)CC1(NC(=O)CC2CCCC2)CCOCC1. The summed E-state index contributed by atoms with van der Waals surface area (Å²) < 4.78 is 5.28. The van der Waals surface area contributed by atoms with Gasteiger partial charge in [0.25, 0.3) is 0 Å². The molecule has 2 N–H and O–H groups in total. The Kier molecular flexibility index (Phi) is 4.80. The largest absolute Gasteiger partial charge is 0.481 e. The molecular weight excluding hydrogens is 246 g/mol. The molecule has 1 amide bonds. The van der Waals surface area contributed by atoms with Gasteiger partial charge in [-0.25, -0.2) is 0 Å². The monoisotopic (exact) mass is 269 g/mol. The van der Waals surface area contributed by atoms with Crippen molar-refractivity contribution in [2.45, 2.75) is 56.9 Å². The molecular formula is C14H23NO4. The van der Waals surface area contributed by atoms with Crippen molar-refractivity contribution in [1.29, 1.82) is 0 Å². The van der Waals surface area contributed by atoms with Crippen LogP contribution in [0.25, 0.3) is 0 Å². The van der Waals surface area contributed by atoms with Crippen LogP contribution in [-0.4, -0.2) is 35.7 Å². The molecule has 0 aromatic heterocycles. The summed E-state index contributed by atoms with van der Waals surface area (Å²) in [5.41, 5.74) is -0.597. The second kappa shape index (κ2) is 6.37. The molecule has 2 rings (SSSR count). The summed E-state index contributed by atoms with van der Waals surface area (Å²) in [6.45, 7) is 1.05. The van der Waals surface area contributed by atoms with Gasteiger partial charge in [0.2, 0.25) is 5.91 Å². The molecule has 1 aliphatic heterocycles. The number of carboxylic acid groups (broad SMARTS) is 1. The van der Waals surface area contributed by atoms with Gasteiger partial charge in [-0.15, -0.1) is 0 Å². The van der Waals surface area contributed by atoms with Crippen LogP contribution in [0.3, 0.4) is 0 Å². The zero-order valence-electron chi connectivity index (χ0n) is 11.3. The number of ether oxygens (including phenoxy) is 1. The maximum absolute atomic E-state index is 12.1. The van der Waals surface area contributed by atoms with Crippen LogP contribution in [0.1, 0.15) is 51.4 Å². The van der Waals surface area contributed by atoms with Crippen LogP contribution in [0.4, 0.5) is 0 Å². The molecule has 0 unspecified atom stereocenters. The average molecular weight is 269 g/mol. The van der Waals surface area contributed by atoms with Gasteiger partial charge in [0.05, 0.1) is 12.0 Å². The fourth-order valence-electron chi connectivity index (χ4n) is 3.22. The predicted octanol–water partition coefficient (Wildman–Crippen LogP) is 1.71. The summed E-state index contributed by atoms with van der Waals surface area (Å²) in [7, 11) is 0. The maximum Gasteiger partial charge on any atom is 0.305 e. The molecule has 0 aromatic carbocycles. The Balaban J connectivity index is 1.90. The third-order valence-corrected chi connectivity index (χ3v) is 4.29. The van der Waals surface area contributed by atoms with Crippen LogP contribution >= 0.6 is 0 Å². The lowest BCUT2D eigenvalue weighted by Gasteiger charge is -2.37. The summed E-state index contributed by atoms with van der Waals surface area (Å²) >= 11 is 0. The lowest BCUT2D eigenvalue weighted by molar-refractivity contribution is -0.140. The lowest BCUT2D eigenvalue weighted by Crippen LogP contribution is -2.53. The molecule has 1 saturated heterocycles. The van der Waals surface area contributed by atoms with E-state index >= 15 is 0 Å². The number of amides is 1. The van der Waals surface area contributed by atoms with Crippen LogP contribution in [0.2, 0.25) is 0 Å². The second-order valence-corrected chi connectivity index (χ2v) is 5.87. The predicted molar refractivity (Wildman–Crippen MR) is 69.8 cm³/mol. The van der Waals surface area contributed by atoms with E-state index in [0.717, 1.165) is 12.8 Å². The molecule has 2 aliphatic rings. The normalized spacial score (nSPS) is 23.2. The van der Waals surface area contributed by atoms with Crippen LogP contribution in [-0.2, 0) is 14.3 Å². The van der Waals surface area contributed by atoms with Crippen molar-refractivity contribution < 1.29 is 19.4 Å². The van der Waals surface area contributed by atoms with Crippen molar-refractivity contribution in [3.63, 3.8) is 0 Å². The van der Waals surface area contributed by atoms with E-state index in [1.165, 1.54) is 12.8 Å². The molecule has 1 aliphatic carbocycles. The Hall–Kier alpha value is -1.10. The minimum Gasteiger partial charge on any atom is -0.481 e. The van der Waals surface area contributed by atoms with Gasteiger partial charge in [-0.3, -0.25) is 9.59 Å². The first kappa shape index (κ1) is 14.3. The number of carboxylic acids is 1. The molecule has 1 saturated carbocycles. The highest BCUT2D eigenvalue weighted by Crippen LogP contribution is 2.29. The van der Waals surface area contributed by atoms with Gasteiger partial charge in [-0.1, -0.05) is 12.8 Å². The Morgan fingerprint density at radius 1 is 1.21 bits per heavy atom. The number of carbonyl (C=O) groups excluding carboxylic acids is 1. The van der Waals surface area contributed by atoms with Gasteiger partial charge in [-0.2, -0.15) is 0 Å². The van der Waals surface area contributed by atoms with E-state index in [2.05, 4.69) is 5.32 Å². The lowest BCUT2D eigenvalue weighted by atomic mass is 9.86. The first-order valence-corrected chi connectivity index (χ1v) is 7.20. The first-order valence-electron chi connectivity index (χ1n) is 7.20. The highest BCUT2D eigenvalue weighted by Gasteiger charge is 2.36. The number of nitrogens with one attached hydrogen (secondary N) is 1. The Labute approximate surface area is 113 Å². The summed E-state index contributed by atoms with van der Waals surface area (Å²) in [6, 6.07) is 0. The molecule has 0 radical (unpaired) electrons. The smallest absolute Gasteiger partial charge is 0.305 e. The fraction of sp³-hybridized carbons (Fsp3) is 0.857. The molecule has 108 valence electrons. The molecule has 2 fully saturated rings. The molecule has 0 atom stereocenters. The van der Waals surface area contributed by atoms with Crippen molar-refractivity contribution in [1.82, 2.24) is 5.32 Å². The standard InChI is InChI=1S/C14H23NO4/c16-12(9-11-3-1-2-4-11)15-14(10-13(17)18)5-7-19-8-6-14/h11H,1-10H2,(H,15,16)(H,17,18). The molecule has 0 bridgehead atoms. The minimum atomic E-state index is -0.858. The van der Waals surface area contributed by atoms with Gasteiger partial charge >= 0.3 is 5.97 Å². The van der Waals surface area contributed by atoms with Crippen molar-refractivity contribution in [3.05, 3.63) is 0 Å². The molecule has 0 spiro atoms. The number of hydrogen-bond acceptors (Lipinski definition) is 3. The van der Waals surface area contributed by atoms with Crippen molar-refractivity contribution in [2.24, 2.45) is 5.92 Å². The Bertz CT molecular complexity index is 330. The van der Waals surface area contributed by atoms with E-state index in [1.807, 2.05) is 0 Å². The van der Waals surface area contributed by atoms with Crippen LogP contribution in [0, 0.1) is 5.92 Å². The van der Waals surface area contributed by atoms with Crippen molar-refractivity contribution in [2.75, 3.05) is 13.2 Å². The van der Waals surface area contributed by atoms with Crippen molar-refractivity contribution >= 4 is 11.9 Å². The van der Waals surface area contributed by atoms with Crippen LogP contribution in [0.15, 0.2) is 0 Å². The highest BCUT2D eigenvalue weighted by atomic mass is 16.5. The molecule has 5 heteroatoms. The van der Waals surface area contributed by atoms with Gasteiger partial charge in [-0.05, 0) is 31.6 Å². The van der Waals surface area contributed by atoms with Gasteiger partial charge < -0.3 is 15.2 Å². The van der Waals surface area contributed by atoms with E-state index in [9.17, 15) is 9.59 Å². The zero-order valence-corrected chi connectivity index (χ0v) is 11.3. The number of aliphatic carboxylic acids is 1. The summed E-state index contributed by atoms with van der Waals surface area (Å²) in [5, 5.41) is 12.0. The van der Waals surface area contributed by atoms with Gasteiger partial charge in [0.1, 0.15) is 0 Å².